The second-order valence-electron chi connectivity index (χ2n) is 2.78. The van der Waals surface area contributed by atoms with Crippen LogP contribution in [0.2, 0.25) is 0 Å². The van der Waals surface area contributed by atoms with Crippen molar-refractivity contribution in [3.8, 4) is 0 Å². The summed E-state index contributed by atoms with van der Waals surface area (Å²) in [5.41, 5.74) is 5.16. The Labute approximate surface area is 76.6 Å². The fourth-order valence-electron chi connectivity index (χ4n) is 0.461. The first-order valence-corrected chi connectivity index (χ1v) is 3.86. The molecule has 5 heteroatoms. The number of rotatable bonds is 2. The molecule has 0 amide bonds. The first kappa shape index (κ1) is 11.6. The van der Waals surface area contributed by atoms with E-state index in [4.69, 9.17) is 10.8 Å². The number of carboxylic acids is 1. The highest BCUT2D eigenvalue weighted by molar-refractivity contribution is 5.73. The van der Waals surface area contributed by atoms with Crippen LogP contribution in [0, 0.1) is 5.92 Å². The molecule has 1 aromatic rings. The number of hydrogen-bond donors (Lipinski definition) is 2. The molecule has 1 rings (SSSR count). The lowest BCUT2D eigenvalue weighted by Gasteiger charge is -2.07. The van der Waals surface area contributed by atoms with Crippen LogP contribution in [0.5, 0.6) is 0 Å². The number of nitrogens with two attached hydrogens (primary N) is 1. The molecule has 0 unspecified atom stereocenters. The predicted molar refractivity (Wildman–Crippen MR) is 47.0 cm³/mol. The first-order valence-electron chi connectivity index (χ1n) is 3.86. The summed E-state index contributed by atoms with van der Waals surface area (Å²) in [4.78, 5) is 13.6. The van der Waals surface area contributed by atoms with Crippen molar-refractivity contribution in [2.75, 3.05) is 0 Å². The Kier molecular flexibility index (Phi) is 5.54. The minimum Gasteiger partial charge on any atom is -0.480 e. The number of oxazole rings is 1. The third kappa shape index (κ3) is 5.86. The monoisotopic (exact) mass is 186 g/mol. The molecule has 0 saturated carbocycles. The molecule has 0 saturated heterocycles. The van der Waals surface area contributed by atoms with E-state index in [1.54, 1.807) is 20.0 Å². The summed E-state index contributed by atoms with van der Waals surface area (Å²) in [6.07, 6.45) is 4.47. The van der Waals surface area contributed by atoms with Crippen LogP contribution in [0.4, 0.5) is 0 Å². The summed E-state index contributed by atoms with van der Waals surface area (Å²) >= 11 is 0. The summed E-state index contributed by atoms with van der Waals surface area (Å²) in [6.45, 7) is 3.55. The van der Waals surface area contributed by atoms with Crippen molar-refractivity contribution in [2.24, 2.45) is 11.7 Å². The Morgan fingerprint density at radius 2 is 2.23 bits per heavy atom. The van der Waals surface area contributed by atoms with Crippen molar-refractivity contribution in [1.82, 2.24) is 4.98 Å². The summed E-state index contributed by atoms with van der Waals surface area (Å²) < 4.78 is 4.47. The van der Waals surface area contributed by atoms with Gasteiger partial charge < -0.3 is 15.3 Å². The van der Waals surface area contributed by atoms with E-state index in [1.165, 1.54) is 12.7 Å². The van der Waals surface area contributed by atoms with Gasteiger partial charge in [0.15, 0.2) is 6.39 Å². The number of carbonyl (C=O) groups is 1. The van der Waals surface area contributed by atoms with E-state index in [2.05, 4.69) is 9.40 Å². The van der Waals surface area contributed by atoms with Crippen molar-refractivity contribution in [3.63, 3.8) is 0 Å². The van der Waals surface area contributed by atoms with Crippen molar-refractivity contribution in [1.29, 1.82) is 0 Å². The largest absolute Gasteiger partial charge is 0.480 e. The Morgan fingerprint density at radius 3 is 2.31 bits per heavy atom. The molecule has 5 nitrogen and oxygen atoms in total. The molecule has 0 aliphatic rings. The van der Waals surface area contributed by atoms with Gasteiger partial charge in [-0.1, -0.05) is 13.8 Å². The van der Waals surface area contributed by atoms with Crippen LogP contribution in [-0.4, -0.2) is 22.1 Å². The minimum absolute atomic E-state index is 0.0208. The van der Waals surface area contributed by atoms with E-state index in [9.17, 15) is 4.79 Å². The maximum Gasteiger partial charge on any atom is 0.320 e. The summed E-state index contributed by atoms with van der Waals surface area (Å²) in [5.74, 6) is -0.910. The number of aromatic nitrogens is 1. The van der Waals surface area contributed by atoms with Gasteiger partial charge in [0.05, 0.1) is 6.20 Å². The maximum atomic E-state index is 10.0. The van der Waals surface area contributed by atoms with E-state index >= 15 is 0 Å². The Bertz CT molecular complexity index is 204. The van der Waals surface area contributed by atoms with Crippen LogP contribution < -0.4 is 5.73 Å². The number of carboxylic acid groups (broad SMARTS) is 1. The fourth-order valence-corrected chi connectivity index (χ4v) is 0.461. The molecule has 74 valence electrons. The van der Waals surface area contributed by atoms with Gasteiger partial charge in [-0.25, -0.2) is 4.98 Å². The molecule has 0 aliphatic carbocycles. The average molecular weight is 186 g/mol. The van der Waals surface area contributed by atoms with Gasteiger partial charge in [-0.15, -0.1) is 0 Å². The van der Waals surface area contributed by atoms with E-state index in [1.807, 2.05) is 0 Å². The quantitative estimate of drug-likeness (QED) is 0.710. The molecule has 0 radical (unpaired) electrons. The molecule has 0 bridgehead atoms. The smallest absolute Gasteiger partial charge is 0.320 e. The van der Waals surface area contributed by atoms with E-state index < -0.39 is 12.0 Å². The maximum absolute atomic E-state index is 10.0. The van der Waals surface area contributed by atoms with Crippen molar-refractivity contribution in [3.05, 3.63) is 18.9 Å². The standard InChI is InChI=1S/C5H11NO2.C3H3NO/c1-3(2)4(6)5(7)8;1-2-5-3-4-1/h3-4H,6H2,1-2H3,(H,7,8);1-3H/t4-;/m0./s1. The molecule has 0 aromatic carbocycles. The molecule has 0 aliphatic heterocycles. The molecular formula is C8H14N2O3. The van der Waals surface area contributed by atoms with Gasteiger partial charge in [-0.05, 0) is 5.92 Å². The molecule has 3 N–H and O–H groups in total. The van der Waals surface area contributed by atoms with Crippen LogP contribution in [0.25, 0.3) is 0 Å². The Hall–Kier alpha value is -1.36. The lowest BCUT2D eigenvalue weighted by Crippen LogP contribution is -2.34. The number of aliphatic carboxylic acids is 1. The van der Waals surface area contributed by atoms with Crippen LogP contribution in [0.1, 0.15) is 13.8 Å². The van der Waals surface area contributed by atoms with Crippen molar-refractivity contribution < 1.29 is 14.3 Å². The zero-order valence-electron chi connectivity index (χ0n) is 7.68. The highest BCUT2D eigenvalue weighted by Gasteiger charge is 2.14. The molecule has 0 fully saturated rings. The zero-order chi connectivity index (χ0) is 10.3. The van der Waals surface area contributed by atoms with Gasteiger partial charge in [0.1, 0.15) is 12.3 Å². The average Bonchev–Trinajstić information content (AvgIpc) is 2.59. The Morgan fingerprint density at radius 1 is 1.62 bits per heavy atom. The number of nitrogens with zero attached hydrogens (tertiary/aromatic N) is 1. The van der Waals surface area contributed by atoms with Gasteiger partial charge in [0.25, 0.3) is 0 Å². The van der Waals surface area contributed by atoms with Crippen molar-refractivity contribution >= 4 is 5.97 Å². The van der Waals surface area contributed by atoms with E-state index in [0.717, 1.165) is 0 Å². The predicted octanol–water partition coefficient (Wildman–Crippen LogP) is 0.729. The van der Waals surface area contributed by atoms with Crippen LogP contribution in [-0.2, 0) is 4.79 Å². The highest BCUT2D eigenvalue weighted by Crippen LogP contribution is 1.96. The van der Waals surface area contributed by atoms with Crippen LogP contribution in [0.3, 0.4) is 0 Å². The minimum atomic E-state index is -0.931. The van der Waals surface area contributed by atoms with Gasteiger partial charge in [-0.3, -0.25) is 4.79 Å². The van der Waals surface area contributed by atoms with Gasteiger partial charge in [-0.2, -0.15) is 0 Å². The summed E-state index contributed by atoms with van der Waals surface area (Å²) in [5, 5.41) is 8.23. The molecule has 1 heterocycles. The van der Waals surface area contributed by atoms with Crippen molar-refractivity contribution in [2.45, 2.75) is 19.9 Å². The van der Waals surface area contributed by atoms with Crippen LogP contribution >= 0.6 is 0 Å². The van der Waals surface area contributed by atoms with Crippen LogP contribution in [0.15, 0.2) is 23.3 Å². The molecular weight excluding hydrogens is 172 g/mol. The third-order valence-electron chi connectivity index (χ3n) is 1.35. The molecule has 1 atom stereocenters. The fraction of sp³-hybridized carbons (Fsp3) is 0.500. The molecule has 1 aromatic heterocycles. The van der Waals surface area contributed by atoms with Gasteiger partial charge in [0.2, 0.25) is 0 Å². The highest BCUT2D eigenvalue weighted by atomic mass is 16.4. The van der Waals surface area contributed by atoms with Gasteiger partial charge >= 0.3 is 5.97 Å². The van der Waals surface area contributed by atoms with Gasteiger partial charge in [0, 0.05) is 0 Å². The summed E-state index contributed by atoms with van der Waals surface area (Å²) in [6, 6.07) is -0.713. The molecule has 0 spiro atoms. The lowest BCUT2D eigenvalue weighted by molar-refractivity contribution is -0.139. The molecule has 13 heavy (non-hydrogen) atoms. The van der Waals surface area contributed by atoms with E-state index in [0.29, 0.717) is 0 Å². The number of hydrogen-bond acceptors (Lipinski definition) is 4. The zero-order valence-corrected chi connectivity index (χ0v) is 7.68. The SMILES string of the molecule is CC(C)[C@H](N)C(=O)O.c1cocn1. The topological polar surface area (TPSA) is 89.4 Å². The van der Waals surface area contributed by atoms with E-state index in [-0.39, 0.29) is 5.92 Å². The first-order chi connectivity index (χ1) is 6.05. The Balaban J connectivity index is 0.000000243. The summed E-state index contributed by atoms with van der Waals surface area (Å²) in [7, 11) is 0. The second-order valence-corrected chi connectivity index (χ2v) is 2.78. The normalized spacial score (nSPS) is 11.7. The third-order valence-corrected chi connectivity index (χ3v) is 1.35. The second kappa shape index (κ2) is 6.19. The lowest BCUT2D eigenvalue weighted by atomic mass is 10.1.